The lowest BCUT2D eigenvalue weighted by molar-refractivity contribution is -0.150. The van der Waals surface area contributed by atoms with Gasteiger partial charge in [-0.15, -0.1) is 0 Å². The number of unbranched alkanes of at least 4 members (excludes halogenated alkanes) is 24. The molecule has 2 unspecified atom stereocenters. The summed E-state index contributed by atoms with van der Waals surface area (Å²) in [6.45, 7) is 14.9. The molecule has 0 aliphatic heterocycles. The van der Waals surface area contributed by atoms with Crippen molar-refractivity contribution in [1.29, 1.82) is 0 Å². The minimum Gasteiger partial charge on any atom is -0.465 e. The fourth-order valence-electron chi connectivity index (χ4n) is 9.17. The van der Waals surface area contributed by atoms with Crippen LogP contribution in [0, 0.1) is 11.8 Å². The van der Waals surface area contributed by atoms with E-state index >= 15 is 0 Å². The van der Waals surface area contributed by atoms with Crippen LogP contribution >= 0.6 is 0 Å². The summed E-state index contributed by atoms with van der Waals surface area (Å²) in [6, 6.07) is 0.686. The highest BCUT2D eigenvalue weighted by molar-refractivity contribution is 5.70. The zero-order chi connectivity index (χ0) is 44.3. The first-order chi connectivity index (χ1) is 30.0. The standard InChI is InChI=1S/C54H106N2O5/c1-5-9-13-16-18-19-20-21-22-23-24-25-26-28-31-40-53(58)60-48-51(37-32-33-42-56(52-38-34-39-52)44-43-55(45-46-57)41-12-8-4)49-61-54(59)47-50(35-29-15-11-7-3)36-30-27-17-14-10-6-2/h50-52,57H,5-49H2,1-4H3. The first kappa shape index (κ1) is 57.8. The molecule has 0 amide bonds. The Morgan fingerprint density at radius 3 is 1.41 bits per heavy atom. The lowest BCUT2D eigenvalue weighted by atomic mass is 9.91. The number of hydrogen-bond acceptors (Lipinski definition) is 7. The number of aliphatic hydroxyl groups is 1. The number of carbonyl (C=O) groups is 2. The average Bonchev–Trinajstić information content (AvgIpc) is 3.24. The predicted molar refractivity (Wildman–Crippen MR) is 261 cm³/mol. The van der Waals surface area contributed by atoms with Gasteiger partial charge in [-0.2, -0.15) is 0 Å². The highest BCUT2D eigenvalue weighted by Crippen LogP contribution is 2.26. The van der Waals surface area contributed by atoms with Crippen molar-refractivity contribution >= 4 is 11.9 Å². The molecule has 0 radical (unpaired) electrons. The molecule has 7 heteroatoms. The van der Waals surface area contributed by atoms with E-state index in [9.17, 15) is 14.7 Å². The Morgan fingerprint density at radius 2 is 0.918 bits per heavy atom. The van der Waals surface area contributed by atoms with Gasteiger partial charge in [0.1, 0.15) is 0 Å². The summed E-state index contributed by atoms with van der Waals surface area (Å²) in [6.07, 6.45) is 45.0. The van der Waals surface area contributed by atoms with Gasteiger partial charge in [-0.25, -0.2) is 0 Å². The Balaban J connectivity index is 2.60. The Bertz CT molecular complexity index is 944. The summed E-state index contributed by atoms with van der Waals surface area (Å²) in [5, 5.41) is 9.63. The third kappa shape index (κ3) is 35.8. The van der Waals surface area contributed by atoms with Gasteiger partial charge < -0.3 is 14.6 Å². The van der Waals surface area contributed by atoms with Crippen LogP contribution in [0.15, 0.2) is 0 Å². The van der Waals surface area contributed by atoms with Crippen molar-refractivity contribution in [3.8, 4) is 0 Å². The third-order valence-corrected chi connectivity index (χ3v) is 13.7. The Kier molecular flexibility index (Phi) is 41.8. The monoisotopic (exact) mass is 863 g/mol. The Morgan fingerprint density at radius 1 is 0.475 bits per heavy atom. The van der Waals surface area contributed by atoms with Crippen LogP contribution in [-0.4, -0.2) is 85.4 Å². The Labute approximate surface area is 380 Å². The second-order valence-electron chi connectivity index (χ2n) is 19.4. The van der Waals surface area contributed by atoms with Gasteiger partial charge >= 0.3 is 11.9 Å². The molecule has 7 nitrogen and oxygen atoms in total. The zero-order valence-corrected chi connectivity index (χ0v) is 41.5. The van der Waals surface area contributed by atoms with Gasteiger partial charge in [-0.05, 0) is 70.4 Å². The van der Waals surface area contributed by atoms with E-state index in [4.69, 9.17) is 9.47 Å². The molecule has 1 rings (SSSR count). The molecule has 1 fully saturated rings. The minimum atomic E-state index is -0.0937. The summed E-state index contributed by atoms with van der Waals surface area (Å²) in [5.74, 6) is 0.298. The Hall–Kier alpha value is -1.18. The van der Waals surface area contributed by atoms with E-state index in [1.807, 2.05) is 0 Å². The van der Waals surface area contributed by atoms with E-state index in [2.05, 4.69) is 37.5 Å². The number of carbonyl (C=O) groups excluding carboxylic acids is 2. The van der Waals surface area contributed by atoms with Gasteiger partial charge in [0.05, 0.1) is 19.8 Å². The molecule has 1 saturated carbocycles. The molecular formula is C54H106N2O5. The fraction of sp³-hybridized carbons (Fsp3) is 0.963. The van der Waals surface area contributed by atoms with Gasteiger partial charge in [-0.3, -0.25) is 19.4 Å². The van der Waals surface area contributed by atoms with E-state index in [0.29, 0.717) is 38.0 Å². The lowest BCUT2D eigenvalue weighted by Crippen LogP contribution is -2.45. The van der Waals surface area contributed by atoms with Crippen LogP contribution in [0.25, 0.3) is 0 Å². The number of rotatable bonds is 48. The van der Waals surface area contributed by atoms with Crippen LogP contribution in [-0.2, 0) is 19.1 Å². The molecule has 0 aromatic heterocycles. The maximum Gasteiger partial charge on any atom is 0.306 e. The van der Waals surface area contributed by atoms with Crippen LogP contribution < -0.4 is 0 Å². The first-order valence-corrected chi connectivity index (χ1v) is 27.4. The number of esters is 2. The number of aliphatic hydroxyl groups excluding tert-OH is 1. The lowest BCUT2D eigenvalue weighted by Gasteiger charge is -2.39. The molecule has 0 spiro atoms. The summed E-state index contributed by atoms with van der Waals surface area (Å²) < 4.78 is 11.9. The topological polar surface area (TPSA) is 79.3 Å². The number of ether oxygens (including phenoxy) is 2. The van der Waals surface area contributed by atoms with E-state index in [1.54, 1.807) is 0 Å². The van der Waals surface area contributed by atoms with E-state index in [-0.39, 0.29) is 24.5 Å². The highest BCUT2D eigenvalue weighted by atomic mass is 16.5. The van der Waals surface area contributed by atoms with Crippen LogP contribution in [0.1, 0.15) is 265 Å². The molecule has 0 heterocycles. The van der Waals surface area contributed by atoms with Crippen LogP contribution in [0.3, 0.4) is 0 Å². The van der Waals surface area contributed by atoms with E-state index in [1.165, 1.54) is 180 Å². The van der Waals surface area contributed by atoms with Crippen LogP contribution in [0.5, 0.6) is 0 Å². The normalized spacial score (nSPS) is 14.1. The summed E-state index contributed by atoms with van der Waals surface area (Å²) in [4.78, 5) is 31.4. The van der Waals surface area contributed by atoms with Crippen molar-refractivity contribution in [3.05, 3.63) is 0 Å². The predicted octanol–water partition coefficient (Wildman–Crippen LogP) is 14.8. The van der Waals surface area contributed by atoms with E-state index < -0.39 is 0 Å². The maximum absolute atomic E-state index is 13.3. The molecule has 1 aliphatic carbocycles. The van der Waals surface area contributed by atoms with Gasteiger partial charge in [-0.1, -0.05) is 201 Å². The number of hydrogen-bond donors (Lipinski definition) is 1. The van der Waals surface area contributed by atoms with Gasteiger partial charge in [0.25, 0.3) is 0 Å². The van der Waals surface area contributed by atoms with Gasteiger partial charge in [0.15, 0.2) is 0 Å². The summed E-state index contributed by atoms with van der Waals surface area (Å²) >= 11 is 0. The maximum atomic E-state index is 13.3. The third-order valence-electron chi connectivity index (χ3n) is 13.7. The second-order valence-corrected chi connectivity index (χ2v) is 19.4. The minimum absolute atomic E-state index is 0.0433. The molecular weight excluding hydrogens is 757 g/mol. The smallest absolute Gasteiger partial charge is 0.306 e. The zero-order valence-electron chi connectivity index (χ0n) is 41.5. The quantitative estimate of drug-likeness (QED) is 0.0482. The van der Waals surface area contributed by atoms with Crippen molar-refractivity contribution in [2.45, 2.75) is 271 Å². The molecule has 61 heavy (non-hydrogen) atoms. The SMILES string of the molecule is CCCCCCCCCCCCCCCCCC(=O)OCC(CCCCN(CCN(CCO)CCCC)C1CCC1)COC(=O)CC(CCCCCC)CCCCCCCC. The summed E-state index contributed by atoms with van der Waals surface area (Å²) in [5.41, 5.74) is 0. The highest BCUT2D eigenvalue weighted by Gasteiger charge is 2.25. The largest absolute Gasteiger partial charge is 0.465 e. The molecule has 1 aliphatic rings. The molecule has 0 saturated heterocycles. The number of nitrogens with zero attached hydrogens (tertiary/aromatic N) is 2. The van der Waals surface area contributed by atoms with Crippen LogP contribution in [0.2, 0.25) is 0 Å². The van der Waals surface area contributed by atoms with Crippen molar-refractivity contribution in [1.82, 2.24) is 9.80 Å². The van der Waals surface area contributed by atoms with Gasteiger partial charge in [0, 0.05) is 44.4 Å². The first-order valence-electron chi connectivity index (χ1n) is 27.4. The second kappa shape index (κ2) is 44.0. The van der Waals surface area contributed by atoms with Crippen molar-refractivity contribution < 1.29 is 24.2 Å². The average molecular weight is 863 g/mol. The molecule has 362 valence electrons. The van der Waals surface area contributed by atoms with Crippen molar-refractivity contribution in [2.24, 2.45) is 11.8 Å². The van der Waals surface area contributed by atoms with Gasteiger partial charge in [0.2, 0.25) is 0 Å². The molecule has 0 bridgehead atoms. The summed E-state index contributed by atoms with van der Waals surface area (Å²) in [7, 11) is 0. The van der Waals surface area contributed by atoms with Crippen molar-refractivity contribution in [3.63, 3.8) is 0 Å². The van der Waals surface area contributed by atoms with E-state index in [0.717, 1.165) is 77.7 Å². The van der Waals surface area contributed by atoms with Crippen molar-refractivity contribution in [2.75, 3.05) is 52.5 Å². The molecule has 2 atom stereocenters. The molecule has 1 N–H and O–H groups in total. The molecule has 0 aromatic rings. The fourth-order valence-corrected chi connectivity index (χ4v) is 9.17. The molecule has 0 aromatic carbocycles. The van der Waals surface area contributed by atoms with Crippen LogP contribution in [0.4, 0.5) is 0 Å².